The quantitative estimate of drug-likeness (QED) is 0.727. The molecule has 0 aliphatic carbocycles. The van der Waals surface area contributed by atoms with Crippen LogP contribution in [0.25, 0.3) is 0 Å². The Morgan fingerprint density at radius 3 is 2.53 bits per heavy atom. The second-order valence-corrected chi connectivity index (χ2v) is 4.87. The summed E-state index contributed by atoms with van der Waals surface area (Å²) in [4.78, 5) is 13.6. The lowest BCUT2D eigenvalue weighted by atomic mass is 10.2. The number of nitrogens with one attached hydrogen (secondary N) is 1. The number of hydrogen-bond donors (Lipinski definition) is 1. The van der Waals surface area contributed by atoms with Crippen molar-refractivity contribution in [1.82, 2.24) is 10.2 Å². The third-order valence-electron chi connectivity index (χ3n) is 3.52. The molecule has 0 bridgehead atoms. The molecule has 0 aromatic rings. The van der Waals surface area contributed by atoms with Crippen molar-refractivity contribution in [1.29, 1.82) is 0 Å². The van der Waals surface area contributed by atoms with Gasteiger partial charge in [0.2, 0.25) is 0 Å². The Bertz CT molecular complexity index is 223. The predicted octanol–water partition coefficient (Wildman–Crippen LogP) is 2.39. The molecule has 1 aliphatic heterocycles. The highest BCUT2D eigenvalue weighted by molar-refractivity contribution is 5.66. The summed E-state index contributed by atoms with van der Waals surface area (Å²) in [6.45, 7) is 8.73. The van der Waals surface area contributed by atoms with Crippen LogP contribution in [0.1, 0.15) is 46.5 Å². The summed E-state index contributed by atoms with van der Waals surface area (Å²) in [5.74, 6) is 0. The molecule has 2 unspecified atom stereocenters. The Hall–Kier alpha value is -0.770. The van der Waals surface area contributed by atoms with Crippen molar-refractivity contribution in [3.8, 4) is 0 Å². The Morgan fingerprint density at radius 2 is 1.94 bits per heavy atom. The maximum atomic E-state index is 11.0. The number of amides is 1. The zero-order valence-corrected chi connectivity index (χ0v) is 11.4. The molecule has 1 fully saturated rings. The number of carbonyl (C=O) groups is 1. The van der Waals surface area contributed by atoms with Crippen LogP contribution in [0, 0.1) is 0 Å². The number of hydrogen-bond acceptors (Lipinski definition) is 3. The lowest BCUT2D eigenvalue weighted by molar-refractivity contribution is 0.151. The molecule has 1 rings (SSSR count). The van der Waals surface area contributed by atoms with E-state index in [2.05, 4.69) is 24.1 Å². The molecule has 1 N–H and O–H groups in total. The molecule has 1 amide bonds. The van der Waals surface area contributed by atoms with Crippen LogP contribution in [0.4, 0.5) is 4.79 Å². The third kappa shape index (κ3) is 4.94. The standard InChI is InChI=1S/C13H26N2O2/c1-4-17-13(16)14-9-5-6-10-15-11(2)7-8-12(15)3/h11-12H,4-10H2,1-3H3,(H,14,16). The zero-order chi connectivity index (χ0) is 12.7. The third-order valence-corrected chi connectivity index (χ3v) is 3.52. The first-order valence-electron chi connectivity index (χ1n) is 6.81. The van der Waals surface area contributed by atoms with Crippen LogP contribution < -0.4 is 5.32 Å². The Morgan fingerprint density at radius 1 is 1.29 bits per heavy atom. The van der Waals surface area contributed by atoms with Crippen molar-refractivity contribution in [2.24, 2.45) is 0 Å². The van der Waals surface area contributed by atoms with E-state index in [1.54, 1.807) is 0 Å². The van der Waals surface area contributed by atoms with Gasteiger partial charge in [-0.05, 0) is 53.0 Å². The normalized spacial score (nSPS) is 24.9. The highest BCUT2D eigenvalue weighted by Gasteiger charge is 2.26. The molecule has 4 heteroatoms. The topological polar surface area (TPSA) is 41.6 Å². The molecule has 100 valence electrons. The molecule has 0 saturated carbocycles. The van der Waals surface area contributed by atoms with Crippen LogP contribution in [-0.2, 0) is 4.74 Å². The summed E-state index contributed by atoms with van der Waals surface area (Å²) >= 11 is 0. The van der Waals surface area contributed by atoms with Crippen molar-refractivity contribution in [2.75, 3.05) is 19.7 Å². The van der Waals surface area contributed by atoms with Gasteiger partial charge in [0.15, 0.2) is 0 Å². The van der Waals surface area contributed by atoms with E-state index in [1.807, 2.05) is 6.92 Å². The molecule has 1 heterocycles. The summed E-state index contributed by atoms with van der Waals surface area (Å²) in [6, 6.07) is 1.45. The Labute approximate surface area is 105 Å². The zero-order valence-electron chi connectivity index (χ0n) is 11.4. The molecule has 17 heavy (non-hydrogen) atoms. The van der Waals surface area contributed by atoms with E-state index in [0.717, 1.165) is 38.0 Å². The van der Waals surface area contributed by atoms with Gasteiger partial charge in [0.1, 0.15) is 0 Å². The number of unbranched alkanes of at least 4 members (excludes halogenated alkanes) is 1. The minimum absolute atomic E-state index is 0.296. The second-order valence-electron chi connectivity index (χ2n) is 4.87. The Balaban J connectivity index is 2.02. The van der Waals surface area contributed by atoms with Gasteiger partial charge in [0.25, 0.3) is 0 Å². The smallest absolute Gasteiger partial charge is 0.407 e. The van der Waals surface area contributed by atoms with Crippen molar-refractivity contribution in [2.45, 2.75) is 58.5 Å². The van der Waals surface area contributed by atoms with Crippen molar-refractivity contribution >= 4 is 6.09 Å². The van der Waals surface area contributed by atoms with Crippen LogP contribution in [0.5, 0.6) is 0 Å². The largest absolute Gasteiger partial charge is 0.450 e. The number of rotatable bonds is 6. The number of ether oxygens (including phenoxy) is 1. The first-order chi connectivity index (χ1) is 8.15. The summed E-state index contributed by atoms with van der Waals surface area (Å²) in [7, 11) is 0. The highest BCUT2D eigenvalue weighted by Crippen LogP contribution is 2.23. The molecule has 1 saturated heterocycles. The molecule has 0 aromatic carbocycles. The number of alkyl carbamates (subject to hydrolysis) is 1. The minimum atomic E-state index is -0.296. The van der Waals surface area contributed by atoms with Gasteiger partial charge < -0.3 is 10.1 Å². The SMILES string of the molecule is CCOC(=O)NCCCCN1C(C)CCC1C. The van der Waals surface area contributed by atoms with Gasteiger partial charge in [0, 0.05) is 18.6 Å². The fourth-order valence-electron chi connectivity index (χ4n) is 2.48. The van der Waals surface area contributed by atoms with Gasteiger partial charge in [-0.3, -0.25) is 4.90 Å². The van der Waals surface area contributed by atoms with Crippen LogP contribution in [0.2, 0.25) is 0 Å². The molecule has 0 aromatic heterocycles. The summed E-state index contributed by atoms with van der Waals surface area (Å²) in [5, 5.41) is 2.75. The molecule has 2 atom stereocenters. The van der Waals surface area contributed by atoms with Crippen molar-refractivity contribution in [3.05, 3.63) is 0 Å². The first-order valence-corrected chi connectivity index (χ1v) is 6.81. The average molecular weight is 242 g/mol. The summed E-state index contributed by atoms with van der Waals surface area (Å²) in [6.07, 6.45) is 4.51. The van der Waals surface area contributed by atoms with Crippen molar-refractivity contribution in [3.63, 3.8) is 0 Å². The van der Waals surface area contributed by atoms with Gasteiger partial charge in [-0.2, -0.15) is 0 Å². The number of nitrogens with zero attached hydrogens (tertiary/aromatic N) is 1. The van der Waals surface area contributed by atoms with Crippen LogP contribution in [0.15, 0.2) is 0 Å². The second kappa shape index (κ2) is 7.54. The predicted molar refractivity (Wildman–Crippen MR) is 69.1 cm³/mol. The first kappa shape index (κ1) is 14.3. The number of likely N-dealkylation sites (tertiary alicyclic amines) is 1. The maximum absolute atomic E-state index is 11.0. The van der Waals surface area contributed by atoms with E-state index in [9.17, 15) is 4.79 Å². The average Bonchev–Trinajstić information content (AvgIpc) is 2.60. The summed E-state index contributed by atoms with van der Waals surface area (Å²) < 4.78 is 4.80. The maximum Gasteiger partial charge on any atom is 0.407 e. The van der Waals surface area contributed by atoms with Gasteiger partial charge >= 0.3 is 6.09 Å². The lowest BCUT2D eigenvalue weighted by Crippen LogP contribution is -2.34. The monoisotopic (exact) mass is 242 g/mol. The molecule has 0 spiro atoms. The van der Waals surface area contributed by atoms with E-state index in [-0.39, 0.29) is 6.09 Å². The van der Waals surface area contributed by atoms with E-state index < -0.39 is 0 Å². The molecule has 0 radical (unpaired) electrons. The van der Waals surface area contributed by atoms with E-state index in [1.165, 1.54) is 12.8 Å². The molecule has 1 aliphatic rings. The van der Waals surface area contributed by atoms with Crippen LogP contribution in [0.3, 0.4) is 0 Å². The number of carbonyl (C=O) groups excluding carboxylic acids is 1. The van der Waals surface area contributed by atoms with Crippen LogP contribution in [-0.4, -0.2) is 42.8 Å². The van der Waals surface area contributed by atoms with Gasteiger partial charge in [-0.1, -0.05) is 0 Å². The van der Waals surface area contributed by atoms with E-state index in [0.29, 0.717) is 6.61 Å². The molecular formula is C13H26N2O2. The summed E-state index contributed by atoms with van der Waals surface area (Å²) in [5.41, 5.74) is 0. The van der Waals surface area contributed by atoms with Gasteiger partial charge in [-0.15, -0.1) is 0 Å². The Kier molecular flexibility index (Phi) is 6.34. The fraction of sp³-hybridized carbons (Fsp3) is 0.923. The van der Waals surface area contributed by atoms with Gasteiger partial charge in [-0.25, -0.2) is 4.79 Å². The van der Waals surface area contributed by atoms with E-state index >= 15 is 0 Å². The van der Waals surface area contributed by atoms with E-state index in [4.69, 9.17) is 4.74 Å². The molecular weight excluding hydrogens is 216 g/mol. The van der Waals surface area contributed by atoms with Gasteiger partial charge in [0.05, 0.1) is 6.61 Å². The lowest BCUT2D eigenvalue weighted by Gasteiger charge is -2.25. The van der Waals surface area contributed by atoms with Crippen LogP contribution >= 0.6 is 0 Å². The fourth-order valence-corrected chi connectivity index (χ4v) is 2.48. The molecule has 4 nitrogen and oxygen atoms in total. The minimum Gasteiger partial charge on any atom is -0.450 e. The highest BCUT2D eigenvalue weighted by atomic mass is 16.5. The van der Waals surface area contributed by atoms with Crippen molar-refractivity contribution < 1.29 is 9.53 Å².